The second kappa shape index (κ2) is 19.4. The highest BCUT2D eigenvalue weighted by Crippen LogP contribution is 2.27. The molecule has 0 fully saturated rings. The van der Waals surface area contributed by atoms with Crippen LogP contribution in [0.25, 0.3) is 5.57 Å². The lowest BCUT2D eigenvalue weighted by atomic mass is 9.96. The summed E-state index contributed by atoms with van der Waals surface area (Å²) in [6, 6.07) is 12.8. The smallest absolute Gasteiger partial charge is 0.227 e. The van der Waals surface area contributed by atoms with Crippen molar-refractivity contribution in [3.8, 4) is 0 Å². The van der Waals surface area contributed by atoms with Gasteiger partial charge in [0.05, 0.1) is 5.69 Å². The van der Waals surface area contributed by atoms with Gasteiger partial charge < -0.3 is 5.32 Å². The number of anilines is 2. The molecule has 1 unspecified atom stereocenters. The number of aromatic nitrogens is 2. The summed E-state index contributed by atoms with van der Waals surface area (Å²) in [5, 5.41) is 3.33. The number of aryl methyl sites for hydroxylation is 2. The SMILES string of the molecule is CC.CC/C=C(/c1ccc(CC)cc1)c1cnc(Nc2cc(F)cc(Cl)c2)nc1C.CCCCC(C)CCC. The first kappa shape index (κ1) is 34.3. The first-order chi connectivity index (χ1) is 18.8. The van der Waals surface area contributed by atoms with E-state index < -0.39 is 5.82 Å². The van der Waals surface area contributed by atoms with E-state index in [1.54, 1.807) is 12.3 Å². The Bertz CT molecular complexity index is 1110. The number of hydrogen-bond donors (Lipinski definition) is 1. The molecular formula is C34H49ClFN3. The second-order valence-electron chi connectivity index (χ2n) is 9.59. The Kier molecular flexibility index (Phi) is 17.0. The maximum absolute atomic E-state index is 13.5. The number of hydrogen-bond acceptors (Lipinski definition) is 3. The Balaban J connectivity index is 0.000000589. The topological polar surface area (TPSA) is 37.8 Å². The zero-order valence-electron chi connectivity index (χ0n) is 25.4. The Morgan fingerprint density at radius 2 is 1.69 bits per heavy atom. The third kappa shape index (κ3) is 12.3. The van der Waals surface area contributed by atoms with Gasteiger partial charge in [-0.3, -0.25) is 0 Å². The highest BCUT2D eigenvalue weighted by Gasteiger charge is 2.11. The summed E-state index contributed by atoms with van der Waals surface area (Å²) in [4.78, 5) is 8.99. The van der Waals surface area contributed by atoms with Crippen molar-refractivity contribution >= 4 is 28.8 Å². The van der Waals surface area contributed by atoms with E-state index in [1.807, 2.05) is 20.8 Å². The molecule has 1 aromatic heterocycles. The van der Waals surface area contributed by atoms with Gasteiger partial charge in [0, 0.05) is 22.5 Å². The minimum Gasteiger partial charge on any atom is -0.324 e. The number of nitrogens with one attached hydrogen (secondary N) is 1. The third-order valence-electron chi connectivity index (χ3n) is 6.30. The van der Waals surface area contributed by atoms with Crippen molar-refractivity contribution in [1.29, 1.82) is 0 Å². The summed E-state index contributed by atoms with van der Waals surface area (Å²) >= 11 is 5.91. The Morgan fingerprint density at radius 3 is 2.23 bits per heavy atom. The quantitative estimate of drug-likeness (QED) is 0.256. The van der Waals surface area contributed by atoms with E-state index in [2.05, 4.69) is 80.2 Å². The van der Waals surface area contributed by atoms with Gasteiger partial charge in [-0.05, 0) is 60.6 Å². The summed E-state index contributed by atoms with van der Waals surface area (Å²) in [6.45, 7) is 17.1. The monoisotopic (exact) mass is 553 g/mol. The summed E-state index contributed by atoms with van der Waals surface area (Å²) < 4.78 is 13.5. The van der Waals surface area contributed by atoms with Crippen molar-refractivity contribution < 1.29 is 4.39 Å². The molecule has 1 N–H and O–H groups in total. The maximum atomic E-state index is 13.5. The van der Waals surface area contributed by atoms with Crippen LogP contribution in [0.4, 0.5) is 16.0 Å². The molecule has 0 bridgehead atoms. The van der Waals surface area contributed by atoms with Gasteiger partial charge in [0.1, 0.15) is 5.82 Å². The van der Waals surface area contributed by atoms with Gasteiger partial charge in [0.25, 0.3) is 0 Å². The number of benzene rings is 2. The van der Waals surface area contributed by atoms with Crippen LogP contribution in [0.1, 0.15) is 109 Å². The van der Waals surface area contributed by atoms with Crippen molar-refractivity contribution in [3.05, 3.63) is 88.0 Å². The van der Waals surface area contributed by atoms with Crippen LogP contribution in [0.2, 0.25) is 5.02 Å². The van der Waals surface area contributed by atoms with Crippen LogP contribution < -0.4 is 5.32 Å². The van der Waals surface area contributed by atoms with Crippen LogP contribution in [0.5, 0.6) is 0 Å². The molecule has 0 aliphatic carbocycles. The second-order valence-corrected chi connectivity index (χ2v) is 10.0. The molecule has 3 rings (SSSR count). The van der Waals surface area contributed by atoms with E-state index >= 15 is 0 Å². The highest BCUT2D eigenvalue weighted by molar-refractivity contribution is 6.30. The molecule has 3 nitrogen and oxygen atoms in total. The first-order valence-electron chi connectivity index (χ1n) is 14.7. The van der Waals surface area contributed by atoms with Crippen molar-refractivity contribution in [2.24, 2.45) is 5.92 Å². The maximum Gasteiger partial charge on any atom is 0.227 e. The fourth-order valence-electron chi connectivity index (χ4n) is 4.24. The van der Waals surface area contributed by atoms with Gasteiger partial charge in [-0.1, -0.05) is 123 Å². The normalized spacial score (nSPS) is 11.6. The average molecular weight is 554 g/mol. The van der Waals surface area contributed by atoms with Crippen molar-refractivity contribution in [1.82, 2.24) is 9.97 Å². The molecule has 0 spiro atoms. The van der Waals surface area contributed by atoms with E-state index in [9.17, 15) is 4.39 Å². The molecular weight excluding hydrogens is 505 g/mol. The molecule has 1 atom stereocenters. The molecule has 39 heavy (non-hydrogen) atoms. The fourth-order valence-corrected chi connectivity index (χ4v) is 4.47. The minimum absolute atomic E-state index is 0.319. The van der Waals surface area contributed by atoms with E-state index in [-0.39, 0.29) is 0 Å². The summed E-state index contributed by atoms with van der Waals surface area (Å²) in [5.74, 6) is 0.960. The van der Waals surface area contributed by atoms with Crippen LogP contribution in [0.3, 0.4) is 0 Å². The van der Waals surface area contributed by atoms with Gasteiger partial charge in [0.15, 0.2) is 0 Å². The van der Waals surface area contributed by atoms with E-state index in [1.165, 1.54) is 49.8 Å². The standard InChI is InChI=1S/C23H23ClFN3.C9H20.C2H6/c1-4-6-21(17-9-7-16(5-2)8-10-17)22-14-26-23(27-15(22)3)28-20-12-18(24)11-19(25)13-20;1-4-6-8-9(3)7-5-2;1-2/h6-14H,4-5H2,1-3H3,(H,26,27,28);9H,4-8H2,1-3H3;1-2H3/b21-6-;;. The lowest BCUT2D eigenvalue weighted by Crippen LogP contribution is -2.02. The molecule has 214 valence electrons. The Hall–Kier alpha value is -2.72. The predicted molar refractivity (Wildman–Crippen MR) is 170 cm³/mol. The third-order valence-corrected chi connectivity index (χ3v) is 6.52. The zero-order chi connectivity index (χ0) is 29.2. The summed E-state index contributed by atoms with van der Waals surface area (Å²) in [7, 11) is 0. The fraction of sp³-hybridized carbons (Fsp3) is 0.471. The molecule has 0 aliphatic rings. The van der Waals surface area contributed by atoms with Crippen LogP contribution in [-0.4, -0.2) is 9.97 Å². The zero-order valence-corrected chi connectivity index (χ0v) is 26.1. The molecule has 5 heteroatoms. The molecule has 0 aliphatic heterocycles. The van der Waals surface area contributed by atoms with Gasteiger partial charge >= 0.3 is 0 Å². The summed E-state index contributed by atoms with van der Waals surface area (Å²) in [6.07, 6.45) is 12.9. The van der Waals surface area contributed by atoms with E-state index in [0.717, 1.165) is 41.2 Å². The molecule has 0 radical (unpaired) electrons. The average Bonchev–Trinajstić information content (AvgIpc) is 2.92. The summed E-state index contributed by atoms with van der Waals surface area (Å²) in [5.41, 5.74) is 5.90. The Morgan fingerprint density at radius 1 is 1.00 bits per heavy atom. The van der Waals surface area contributed by atoms with Gasteiger partial charge in [-0.2, -0.15) is 0 Å². The number of halogens is 2. The molecule has 2 aromatic carbocycles. The molecule has 0 amide bonds. The number of rotatable bonds is 11. The van der Waals surface area contributed by atoms with Crippen molar-refractivity contribution in [2.75, 3.05) is 5.32 Å². The van der Waals surface area contributed by atoms with Crippen LogP contribution >= 0.6 is 11.6 Å². The van der Waals surface area contributed by atoms with Gasteiger partial charge in [-0.25, -0.2) is 14.4 Å². The first-order valence-corrected chi connectivity index (χ1v) is 15.0. The molecule has 0 saturated heterocycles. The number of unbranched alkanes of at least 4 members (excludes halogenated alkanes) is 1. The molecule has 0 saturated carbocycles. The van der Waals surface area contributed by atoms with Gasteiger partial charge in [-0.15, -0.1) is 0 Å². The van der Waals surface area contributed by atoms with E-state index in [4.69, 9.17) is 11.6 Å². The van der Waals surface area contributed by atoms with Crippen molar-refractivity contribution in [2.45, 2.75) is 100 Å². The lowest BCUT2D eigenvalue weighted by Gasteiger charge is -2.13. The predicted octanol–water partition coefficient (Wildman–Crippen LogP) is 11.4. The van der Waals surface area contributed by atoms with Crippen LogP contribution in [-0.2, 0) is 6.42 Å². The highest BCUT2D eigenvalue weighted by atomic mass is 35.5. The molecule has 3 aromatic rings. The minimum atomic E-state index is -0.410. The van der Waals surface area contributed by atoms with Gasteiger partial charge in [0.2, 0.25) is 5.95 Å². The van der Waals surface area contributed by atoms with E-state index in [0.29, 0.717) is 16.7 Å². The van der Waals surface area contributed by atoms with Crippen molar-refractivity contribution in [3.63, 3.8) is 0 Å². The number of allylic oxidation sites excluding steroid dienone is 1. The van der Waals surface area contributed by atoms with Crippen LogP contribution in [0, 0.1) is 18.7 Å². The number of nitrogens with zero attached hydrogens (tertiary/aromatic N) is 2. The lowest BCUT2D eigenvalue weighted by molar-refractivity contribution is 0.466. The Labute approximate surface area is 242 Å². The largest absolute Gasteiger partial charge is 0.324 e. The molecule has 1 heterocycles. The van der Waals surface area contributed by atoms with Crippen LogP contribution in [0.15, 0.2) is 54.7 Å².